The van der Waals surface area contributed by atoms with E-state index in [2.05, 4.69) is 0 Å². The van der Waals surface area contributed by atoms with Gasteiger partial charge in [0.05, 0.1) is 18.9 Å². The van der Waals surface area contributed by atoms with E-state index in [1.807, 2.05) is 0 Å². The number of fused-ring (bicyclic) bond motifs is 3. The van der Waals surface area contributed by atoms with Crippen molar-refractivity contribution in [3.63, 3.8) is 0 Å². The number of methoxy groups -OCH3 is 1. The third-order valence-electron chi connectivity index (χ3n) is 3.12. The van der Waals surface area contributed by atoms with Crippen molar-refractivity contribution in [3.05, 3.63) is 41.2 Å². The van der Waals surface area contributed by atoms with Crippen LogP contribution >= 0.6 is 0 Å². The van der Waals surface area contributed by atoms with E-state index in [-0.39, 0.29) is 0 Å². The summed E-state index contributed by atoms with van der Waals surface area (Å²) in [5, 5.41) is 0. The van der Waals surface area contributed by atoms with E-state index in [4.69, 9.17) is 9.15 Å². The predicted octanol–water partition coefficient (Wildman–Crippen LogP) is 2.64. The topological polar surface area (TPSA) is 56.5 Å². The van der Waals surface area contributed by atoms with Crippen molar-refractivity contribution in [1.82, 2.24) is 0 Å². The van der Waals surface area contributed by atoms with Crippen LogP contribution in [0, 0.1) is 6.92 Å². The van der Waals surface area contributed by atoms with E-state index in [1.165, 1.54) is 13.4 Å². The van der Waals surface area contributed by atoms with Gasteiger partial charge in [0, 0.05) is 11.1 Å². The quantitative estimate of drug-likeness (QED) is 0.721. The average molecular weight is 242 g/mol. The molecule has 0 aliphatic heterocycles. The highest BCUT2D eigenvalue weighted by atomic mass is 16.5. The van der Waals surface area contributed by atoms with Crippen LogP contribution in [0.5, 0.6) is 5.75 Å². The number of hydrogen-bond acceptors (Lipinski definition) is 4. The van der Waals surface area contributed by atoms with Gasteiger partial charge in [0.25, 0.3) is 0 Å². The van der Waals surface area contributed by atoms with Crippen LogP contribution < -0.4 is 4.74 Å². The Balaban J connectivity index is 2.33. The molecular weight excluding hydrogens is 232 g/mol. The van der Waals surface area contributed by atoms with Crippen LogP contribution in [0.2, 0.25) is 0 Å². The highest BCUT2D eigenvalue weighted by molar-refractivity contribution is 6.53. The van der Waals surface area contributed by atoms with Gasteiger partial charge >= 0.3 is 0 Å². The second-order valence-corrected chi connectivity index (χ2v) is 4.19. The summed E-state index contributed by atoms with van der Waals surface area (Å²) in [6.07, 6.45) is 1.50. The predicted molar refractivity (Wildman–Crippen MR) is 64.1 cm³/mol. The van der Waals surface area contributed by atoms with Crippen molar-refractivity contribution in [2.75, 3.05) is 7.11 Å². The molecule has 0 saturated heterocycles. The van der Waals surface area contributed by atoms with E-state index >= 15 is 0 Å². The van der Waals surface area contributed by atoms with Gasteiger partial charge in [0.2, 0.25) is 11.6 Å². The lowest BCUT2D eigenvalue weighted by Crippen LogP contribution is -2.20. The zero-order valence-corrected chi connectivity index (χ0v) is 9.94. The van der Waals surface area contributed by atoms with Crippen LogP contribution in [0.25, 0.3) is 11.3 Å². The Morgan fingerprint density at radius 2 is 1.89 bits per heavy atom. The summed E-state index contributed by atoms with van der Waals surface area (Å²) in [6.45, 7) is 1.75. The first-order valence-corrected chi connectivity index (χ1v) is 5.49. The van der Waals surface area contributed by atoms with Crippen molar-refractivity contribution >= 4 is 11.6 Å². The summed E-state index contributed by atoms with van der Waals surface area (Å²) < 4.78 is 10.5. The fraction of sp³-hybridized carbons (Fsp3) is 0.143. The first kappa shape index (κ1) is 10.8. The molecule has 18 heavy (non-hydrogen) atoms. The van der Waals surface area contributed by atoms with Gasteiger partial charge in [-0.3, -0.25) is 9.59 Å². The van der Waals surface area contributed by atoms with Crippen LogP contribution in [0.1, 0.15) is 26.3 Å². The van der Waals surface area contributed by atoms with Gasteiger partial charge in [-0.15, -0.1) is 0 Å². The lowest BCUT2D eigenvalue weighted by Gasteiger charge is -2.14. The molecule has 3 rings (SSSR count). The Hall–Kier alpha value is -2.36. The van der Waals surface area contributed by atoms with Gasteiger partial charge in [0.1, 0.15) is 11.5 Å². The molecule has 1 heterocycles. The van der Waals surface area contributed by atoms with E-state index in [9.17, 15) is 9.59 Å². The Labute approximate surface area is 103 Å². The van der Waals surface area contributed by atoms with Crippen molar-refractivity contribution in [3.8, 4) is 17.1 Å². The molecule has 0 saturated carbocycles. The standard InChI is InChI=1S/C14H10O4/c1-7-6-18-14-9-4-3-8(17-2)5-10(9)12(15)13(16)11(7)14/h3-6H,1-2H3. The molecule has 2 aromatic rings. The molecule has 1 aromatic carbocycles. The van der Waals surface area contributed by atoms with Crippen LogP contribution in [0.3, 0.4) is 0 Å². The monoisotopic (exact) mass is 242 g/mol. The fourth-order valence-electron chi connectivity index (χ4n) is 2.20. The molecule has 0 atom stereocenters. The van der Waals surface area contributed by atoms with Crippen molar-refractivity contribution in [2.24, 2.45) is 0 Å². The number of carbonyl (C=O) groups excluding carboxylic acids is 2. The maximum Gasteiger partial charge on any atom is 0.237 e. The Bertz CT molecular complexity index is 679. The van der Waals surface area contributed by atoms with Gasteiger partial charge in [0.15, 0.2) is 0 Å². The minimum Gasteiger partial charge on any atom is -0.497 e. The van der Waals surface area contributed by atoms with Crippen molar-refractivity contribution in [1.29, 1.82) is 0 Å². The number of benzene rings is 1. The SMILES string of the molecule is COc1ccc2c(c1)C(=O)C(=O)c1c(C)coc1-2. The molecule has 0 radical (unpaired) electrons. The number of ether oxygens (including phenoxy) is 1. The molecule has 0 bridgehead atoms. The van der Waals surface area contributed by atoms with Crippen LogP contribution in [-0.2, 0) is 0 Å². The highest BCUT2D eigenvalue weighted by Crippen LogP contribution is 2.37. The molecule has 90 valence electrons. The lowest BCUT2D eigenvalue weighted by molar-refractivity contribution is 0.0814. The molecule has 0 fully saturated rings. The third kappa shape index (κ3) is 1.26. The largest absolute Gasteiger partial charge is 0.497 e. The van der Waals surface area contributed by atoms with E-state index in [0.717, 1.165) is 0 Å². The van der Waals surface area contributed by atoms with Gasteiger partial charge < -0.3 is 9.15 Å². The summed E-state index contributed by atoms with van der Waals surface area (Å²) in [5.74, 6) is -0.0192. The second-order valence-electron chi connectivity index (χ2n) is 4.19. The minimum absolute atomic E-state index is 0.334. The highest BCUT2D eigenvalue weighted by Gasteiger charge is 2.34. The molecule has 1 aromatic heterocycles. The molecule has 0 unspecified atom stereocenters. The van der Waals surface area contributed by atoms with Crippen LogP contribution in [0.4, 0.5) is 0 Å². The molecule has 0 spiro atoms. The molecule has 1 aliphatic rings. The Kier molecular flexibility index (Phi) is 2.13. The second kappa shape index (κ2) is 3.57. The lowest BCUT2D eigenvalue weighted by atomic mass is 9.87. The van der Waals surface area contributed by atoms with E-state index in [1.54, 1.807) is 25.1 Å². The van der Waals surface area contributed by atoms with E-state index in [0.29, 0.717) is 33.8 Å². The Morgan fingerprint density at radius 3 is 2.61 bits per heavy atom. The number of aryl methyl sites for hydroxylation is 1. The third-order valence-corrected chi connectivity index (χ3v) is 3.12. The summed E-state index contributed by atoms with van der Waals surface area (Å²) in [7, 11) is 1.51. The average Bonchev–Trinajstić information content (AvgIpc) is 2.77. The van der Waals surface area contributed by atoms with Gasteiger partial charge in [-0.2, -0.15) is 0 Å². The first-order chi connectivity index (χ1) is 8.63. The maximum atomic E-state index is 12.1. The zero-order chi connectivity index (χ0) is 12.9. The molecule has 0 N–H and O–H groups in total. The summed E-state index contributed by atoms with van der Waals surface area (Å²) in [4.78, 5) is 24.1. The molecule has 0 amide bonds. The van der Waals surface area contributed by atoms with Gasteiger partial charge in [-0.05, 0) is 30.7 Å². The number of rotatable bonds is 1. The summed E-state index contributed by atoms with van der Waals surface area (Å²) in [6, 6.07) is 5.04. The van der Waals surface area contributed by atoms with Gasteiger partial charge in [-0.25, -0.2) is 0 Å². The smallest absolute Gasteiger partial charge is 0.237 e. The number of carbonyl (C=O) groups is 2. The van der Waals surface area contributed by atoms with Crippen molar-refractivity contribution in [2.45, 2.75) is 6.92 Å². The fourth-order valence-corrected chi connectivity index (χ4v) is 2.20. The molecule has 1 aliphatic carbocycles. The zero-order valence-electron chi connectivity index (χ0n) is 9.94. The first-order valence-electron chi connectivity index (χ1n) is 5.49. The number of Topliss-reactive ketones (excluding diaryl/α,β-unsaturated/α-hetero) is 2. The normalized spacial score (nSPS) is 13.2. The van der Waals surface area contributed by atoms with Crippen LogP contribution in [-0.4, -0.2) is 18.7 Å². The molecule has 4 heteroatoms. The summed E-state index contributed by atoms with van der Waals surface area (Å²) in [5.41, 5.74) is 2.03. The number of furan rings is 1. The molecule has 4 nitrogen and oxygen atoms in total. The number of hydrogen-bond donors (Lipinski definition) is 0. The minimum atomic E-state index is -0.517. The van der Waals surface area contributed by atoms with Crippen LogP contribution in [0.15, 0.2) is 28.9 Å². The van der Waals surface area contributed by atoms with Crippen molar-refractivity contribution < 1.29 is 18.7 Å². The summed E-state index contributed by atoms with van der Waals surface area (Å²) >= 11 is 0. The Morgan fingerprint density at radius 1 is 1.11 bits per heavy atom. The van der Waals surface area contributed by atoms with E-state index < -0.39 is 11.6 Å². The number of ketones is 2. The molecular formula is C14H10O4. The maximum absolute atomic E-state index is 12.1. The van der Waals surface area contributed by atoms with Gasteiger partial charge in [-0.1, -0.05) is 0 Å².